The van der Waals surface area contributed by atoms with Crippen LogP contribution in [-0.2, 0) is 9.59 Å². The van der Waals surface area contributed by atoms with Gasteiger partial charge in [0, 0.05) is 26.2 Å². The van der Waals surface area contributed by atoms with Gasteiger partial charge in [-0.05, 0) is 37.7 Å². The molecule has 0 saturated carbocycles. The third-order valence-corrected chi connectivity index (χ3v) is 4.82. The van der Waals surface area contributed by atoms with Crippen molar-refractivity contribution in [2.24, 2.45) is 0 Å². The number of hydrogen-bond acceptors (Lipinski definition) is 5. The first-order valence-electron chi connectivity index (χ1n) is 8.70. The summed E-state index contributed by atoms with van der Waals surface area (Å²) in [6, 6.07) is 6.83. The molecule has 0 spiro atoms. The number of anilines is 1. The van der Waals surface area contributed by atoms with Crippen LogP contribution in [0.3, 0.4) is 0 Å². The van der Waals surface area contributed by atoms with Gasteiger partial charge in [-0.2, -0.15) is 0 Å². The van der Waals surface area contributed by atoms with E-state index in [9.17, 15) is 9.59 Å². The molecule has 0 N–H and O–H groups in total. The van der Waals surface area contributed by atoms with E-state index in [1.165, 1.54) is 4.90 Å². The number of hydrogen-bond donors (Lipinski definition) is 0. The van der Waals surface area contributed by atoms with Crippen LogP contribution in [0.2, 0.25) is 0 Å². The summed E-state index contributed by atoms with van der Waals surface area (Å²) in [6.45, 7) is 9.28. The molecular formula is C18H25N3O3. The van der Waals surface area contributed by atoms with Crippen LogP contribution in [0.5, 0.6) is 5.75 Å². The highest BCUT2D eigenvalue weighted by Crippen LogP contribution is 2.27. The second kappa shape index (κ2) is 7.32. The van der Waals surface area contributed by atoms with Crippen molar-refractivity contribution in [3.63, 3.8) is 0 Å². The Labute approximate surface area is 143 Å². The molecule has 6 heteroatoms. The highest BCUT2D eigenvalue weighted by molar-refractivity contribution is 6.22. The van der Waals surface area contributed by atoms with E-state index in [4.69, 9.17) is 4.74 Å². The monoisotopic (exact) mass is 331 g/mol. The summed E-state index contributed by atoms with van der Waals surface area (Å²) < 4.78 is 5.41. The molecule has 1 atom stereocenters. The topological polar surface area (TPSA) is 53.1 Å². The van der Waals surface area contributed by atoms with E-state index in [-0.39, 0.29) is 24.3 Å². The van der Waals surface area contributed by atoms with Crippen LogP contribution in [0.25, 0.3) is 0 Å². The van der Waals surface area contributed by atoms with Crippen molar-refractivity contribution < 1.29 is 14.3 Å². The first-order chi connectivity index (χ1) is 11.6. The molecule has 0 aliphatic carbocycles. The molecule has 130 valence electrons. The van der Waals surface area contributed by atoms with Crippen molar-refractivity contribution in [1.82, 2.24) is 9.80 Å². The Morgan fingerprint density at radius 3 is 2.29 bits per heavy atom. The van der Waals surface area contributed by atoms with Gasteiger partial charge in [0.05, 0.1) is 24.8 Å². The minimum Gasteiger partial charge on any atom is -0.494 e. The van der Waals surface area contributed by atoms with E-state index < -0.39 is 0 Å². The summed E-state index contributed by atoms with van der Waals surface area (Å²) in [5, 5.41) is 0. The molecule has 0 bridgehead atoms. The van der Waals surface area contributed by atoms with Crippen LogP contribution in [0.1, 0.15) is 20.3 Å². The highest BCUT2D eigenvalue weighted by atomic mass is 16.5. The van der Waals surface area contributed by atoms with Crippen molar-refractivity contribution in [1.29, 1.82) is 0 Å². The van der Waals surface area contributed by atoms with Crippen molar-refractivity contribution in [2.45, 2.75) is 26.3 Å². The summed E-state index contributed by atoms with van der Waals surface area (Å²) in [4.78, 5) is 31.0. The molecule has 0 aromatic heterocycles. The van der Waals surface area contributed by atoms with Gasteiger partial charge in [-0.3, -0.25) is 14.5 Å². The Balaban J connectivity index is 1.70. The molecule has 1 aromatic rings. The number of likely N-dealkylation sites (N-methyl/N-ethyl adjacent to an activating group) is 1. The normalized spacial score (nSPS) is 23.1. The molecule has 2 aliphatic rings. The van der Waals surface area contributed by atoms with Gasteiger partial charge < -0.3 is 9.64 Å². The quantitative estimate of drug-likeness (QED) is 0.763. The molecule has 0 unspecified atom stereocenters. The van der Waals surface area contributed by atoms with Crippen molar-refractivity contribution in [2.75, 3.05) is 44.2 Å². The van der Waals surface area contributed by atoms with Crippen LogP contribution in [0.15, 0.2) is 24.3 Å². The van der Waals surface area contributed by atoms with Crippen LogP contribution < -0.4 is 9.64 Å². The number of nitrogens with zero attached hydrogens (tertiary/aromatic N) is 3. The maximum atomic E-state index is 12.8. The number of imide groups is 1. The number of carbonyl (C=O) groups is 2. The molecular weight excluding hydrogens is 306 g/mol. The van der Waals surface area contributed by atoms with E-state index in [1.807, 2.05) is 6.92 Å². The Morgan fingerprint density at radius 1 is 1.04 bits per heavy atom. The van der Waals surface area contributed by atoms with Gasteiger partial charge in [-0.1, -0.05) is 6.92 Å². The third-order valence-electron chi connectivity index (χ3n) is 4.82. The van der Waals surface area contributed by atoms with E-state index in [0.29, 0.717) is 12.3 Å². The average Bonchev–Trinajstić information content (AvgIpc) is 2.91. The molecule has 2 amide bonds. The van der Waals surface area contributed by atoms with E-state index >= 15 is 0 Å². The third kappa shape index (κ3) is 3.30. The van der Waals surface area contributed by atoms with Gasteiger partial charge >= 0.3 is 0 Å². The molecule has 0 radical (unpaired) electrons. The molecule has 2 fully saturated rings. The maximum absolute atomic E-state index is 12.8. The van der Waals surface area contributed by atoms with Gasteiger partial charge in [0.1, 0.15) is 5.75 Å². The Bertz CT molecular complexity index is 594. The fourth-order valence-corrected chi connectivity index (χ4v) is 3.42. The van der Waals surface area contributed by atoms with Crippen LogP contribution >= 0.6 is 0 Å². The number of rotatable bonds is 5. The Kier molecular flexibility index (Phi) is 5.16. The lowest BCUT2D eigenvalue weighted by molar-refractivity contribution is -0.123. The predicted molar refractivity (Wildman–Crippen MR) is 92.2 cm³/mol. The lowest BCUT2D eigenvalue weighted by atomic mass is 10.1. The summed E-state index contributed by atoms with van der Waals surface area (Å²) in [5.74, 6) is 0.522. The van der Waals surface area contributed by atoms with Crippen molar-refractivity contribution >= 4 is 17.5 Å². The van der Waals surface area contributed by atoms with Crippen molar-refractivity contribution in [3.05, 3.63) is 24.3 Å². The van der Waals surface area contributed by atoms with E-state index in [2.05, 4.69) is 16.7 Å². The zero-order valence-electron chi connectivity index (χ0n) is 14.4. The van der Waals surface area contributed by atoms with Gasteiger partial charge in [-0.25, -0.2) is 4.90 Å². The molecule has 2 aliphatic heterocycles. The Morgan fingerprint density at radius 2 is 1.71 bits per heavy atom. The molecule has 3 rings (SSSR count). The fraction of sp³-hybridized carbons (Fsp3) is 0.556. The van der Waals surface area contributed by atoms with Crippen molar-refractivity contribution in [3.8, 4) is 5.75 Å². The number of piperazine rings is 1. The fourth-order valence-electron chi connectivity index (χ4n) is 3.42. The number of ether oxygens (including phenoxy) is 1. The van der Waals surface area contributed by atoms with Gasteiger partial charge in [-0.15, -0.1) is 0 Å². The number of carbonyl (C=O) groups excluding carboxylic acids is 2. The molecule has 2 saturated heterocycles. The lowest BCUT2D eigenvalue weighted by Gasteiger charge is -2.36. The average molecular weight is 331 g/mol. The minimum atomic E-state index is -0.317. The first-order valence-corrected chi connectivity index (χ1v) is 8.70. The lowest BCUT2D eigenvalue weighted by Crippen LogP contribution is -2.52. The van der Waals surface area contributed by atoms with Crippen LogP contribution in [-0.4, -0.2) is 67.0 Å². The molecule has 6 nitrogen and oxygen atoms in total. The number of amides is 2. The molecule has 24 heavy (non-hydrogen) atoms. The summed E-state index contributed by atoms with van der Waals surface area (Å²) >= 11 is 0. The predicted octanol–water partition coefficient (Wildman–Crippen LogP) is 1.35. The summed E-state index contributed by atoms with van der Waals surface area (Å²) in [7, 11) is 0. The van der Waals surface area contributed by atoms with E-state index in [1.54, 1.807) is 24.3 Å². The number of benzene rings is 1. The zero-order chi connectivity index (χ0) is 17.1. The maximum Gasteiger partial charge on any atom is 0.251 e. The standard InChI is InChI=1S/C18H25N3O3/c1-3-19-9-11-20(12-10-19)16-13-17(22)21(18(16)23)14-5-7-15(8-6-14)24-4-2/h5-8,16H,3-4,9-13H2,1-2H3/t16-/m1/s1. The SMILES string of the molecule is CCOc1ccc(N2C(=O)C[C@@H](N3CCN(CC)CC3)C2=O)cc1. The van der Waals surface area contributed by atoms with Gasteiger partial charge in [0.25, 0.3) is 5.91 Å². The molecule has 2 heterocycles. The smallest absolute Gasteiger partial charge is 0.251 e. The minimum absolute atomic E-state index is 0.103. The zero-order valence-corrected chi connectivity index (χ0v) is 14.4. The molecule has 1 aromatic carbocycles. The highest BCUT2D eigenvalue weighted by Gasteiger charge is 2.43. The Hall–Kier alpha value is -1.92. The van der Waals surface area contributed by atoms with Gasteiger partial charge in [0.15, 0.2) is 0 Å². The van der Waals surface area contributed by atoms with Crippen LogP contribution in [0.4, 0.5) is 5.69 Å². The van der Waals surface area contributed by atoms with Crippen LogP contribution in [0, 0.1) is 0 Å². The first kappa shape index (κ1) is 16.9. The van der Waals surface area contributed by atoms with E-state index in [0.717, 1.165) is 38.5 Å². The second-order valence-electron chi connectivity index (χ2n) is 6.18. The summed E-state index contributed by atoms with van der Waals surface area (Å²) in [5.41, 5.74) is 0.628. The second-order valence-corrected chi connectivity index (χ2v) is 6.18. The largest absolute Gasteiger partial charge is 0.494 e. The van der Waals surface area contributed by atoms with Gasteiger partial charge in [0.2, 0.25) is 5.91 Å². The summed E-state index contributed by atoms with van der Waals surface area (Å²) in [6.07, 6.45) is 0.276.